The molecule has 2 atom stereocenters. The third-order valence-electron chi connectivity index (χ3n) is 2.68. The Labute approximate surface area is 82.9 Å². The second-order valence-electron chi connectivity index (χ2n) is 3.94. The highest BCUT2D eigenvalue weighted by atomic mass is 32.2. The van der Waals surface area contributed by atoms with Crippen LogP contribution in [0.2, 0.25) is 0 Å². The van der Waals surface area contributed by atoms with Crippen LogP contribution in [0.25, 0.3) is 0 Å². The van der Waals surface area contributed by atoms with E-state index in [1.54, 1.807) is 0 Å². The summed E-state index contributed by atoms with van der Waals surface area (Å²) in [6, 6.07) is 1.07. The van der Waals surface area contributed by atoms with Crippen LogP contribution in [0.1, 0.15) is 26.7 Å². The lowest BCUT2D eigenvalue weighted by atomic mass is 10.1. The molecule has 0 amide bonds. The fourth-order valence-corrected chi connectivity index (χ4v) is 2.78. The lowest BCUT2D eigenvalue weighted by Crippen LogP contribution is -2.48. The van der Waals surface area contributed by atoms with Crippen molar-refractivity contribution in [3.05, 3.63) is 0 Å². The highest BCUT2D eigenvalue weighted by Gasteiger charge is 2.19. The molecular weight excluding hydrogens is 184 g/mol. The molecule has 78 valence electrons. The Hall–Kier alpha value is 0.0700. The van der Waals surface area contributed by atoms with Gasteiger partial charge in [-0.3, -0.25) is 4.21 Å². The molecule has 0 radical (unpaired) electrons. The molecule has 1 fully saturated rings. The van der Waals surface area contributed by atoms with E-state index >= 15 is 0 Å². The van der Waals surface area contributed by atoms with Crippen LogP contribution in [0.4, 0.5) is 0 Å². The van der Waals surface area contributed by atoms with Crippen molar-refractivity contribution in [2.75, 3.05) is 11.5 Å². The van der Waals surface area contributed by atoms with Crippen molar-refractivity contribution in [1.29, 1.82) is 0 Å². The van der Waals surface area contributed by atoms with E-state index in [2.05, 4.69) is 12.2 Å². The van der Waals surface area contributed by atoms with Crippen LogP contribution in [-0.4, -0.2) is 33.8 Å². The molecule has 3 nitrogen and oxygen atoms in total. The SMILES string of the molecule is CC(N)C(C)NC1CCS(=O)CC1. The molecule has 1 aliphatic heterocycles. The summed E-state index contributed by atoms with van der Waals surface area (Å²) >= 11 is 0. The van der Waals surface area contributed by atoms with E-state index in [9.17, 15) is 4.21 Å². The van der Waals surface area contributed by atoms with Crippen molar-refractivity contribution in [3.63, 3.8) is 0 Å². The van der Waals surface area contributed by atoms with Gasteiger partial charge in [-0.2, -0.15) is 0 Å². The summed E-state index contributed by atoms with van der Waals surface area (Å²) in [5.41, 5.74) is 5.76. The lowest BCUT2D eigenvalue weighted by molar-refractivity contribution is 0.387. The molecular formula is C9H20N2OS. The van der Waals surface area contributed by atoms with Crippen molar-refractivity contribution < 1.29 is 4.21 Å². The normalized spacial score (nSPS) is 34.1. The topological polar surface area (TPSA) is 55.1 Å². The molecule has 0 aliphatic carbocycles. The second kappa shape index (κ2) is 5.08. The molecule has 13 heavy (non-hydrogen) atoms. The highest BCUT2D eigenvalue weighted by Crippen LogP contribution is 2.10. The zero-order valence-electron chi connectivity index (χ0n) is 8.45. The third kappa shape index (κ3) is 3.75. The van der Waals surface area contributed by atoms with E-state index in [1.165, 1.54) is 0 Å². The number of rotatable bonds is 3. The van der Waals surface area contributed by atoms with Crippen molar-refractivity contribution in [2.45, 2.75) is 44.8 Å². The highest BCUT2D eigenvalue weighted by molar-refractivity contribution is 7.85. The van der Waals surface area contributed by atoms with Gasteiger partial charge in [0.25, 0.3) is 0 Å². The summed E-state index contributed by atoms with van der Waals surface area (Å²) in [6.45, 7) is 4.12. The van der Waals surface area contributed by atoms with Gasteiger partial charge in [-0.05, 0) is 26.7 Å². The molecule has 0 bridgehead atoms. The molecule has 4 heteroatoms. The average Bonchev–Trinajstić information content (AvgIpc) is 2.08. The fourth-order valence-electron chi connectivity index (χ4n) is 1.48. The molecule has 0 saturated carbocycles. The van der Waals surface area contributed by atoms with Gasteiger partial charge in [0, 0.05) is 40.4 Å². The Bertz CT molecular complexity index is 174. The van der Waals surface area contributed by atoms with Crippen molar-refractivity contribution in [3.8, 4) is 0 Å². The van der Waals surface area contributed by atoms with Crippen LogP contribution < -0.4 is 11.1 Å². The minimum atomic E-state index is -0.558. The van der Waals surface area contributed by atoms with Gasteiger partial charge in [0.2, 0.25) is 0 Å². The van der Waals surface area contributed by atoms with Gasteiger partial charge in [0.15, 0.2) is 0 Å². The van der Waals surface area contributed by atoms with E-state index < -0.39 is 10.8 Å². The van der Waals surface area contributed by atoms with E-state index in [1.807, 2.05) is 6.92 Å². The predicted molar refractivity (Wildman–Crippen MR) is 57.1 cm³/mol. The first-order valence-corrected chi connectivity index (χ1v) is 6.45. The average molecular weight is 204 g/mol. The maximum Gasteiger partial charge on any atom is 0.0249 e. The molecule has 0 aromatic heterocycles. The van der Waals surface area contributed by atoms with Crippen LogP contribution in [0.5, 0.6) is 0 Å². The van der Waals surface area contributed by atoms with Crippen LogP contribution in [0.15, 0.2) is 0 Å². The molecule has 1 aliphatic rings. The van der Waals surface area contributed by atoms with Crippen molar-refractivity contribution in [1.82, 2.24) is 5.32 Å². The molecule has 0 aromatic rings. The van der Waals surface area contributed by atoms with Crippen LogP contribution in [0, 0.1) is 0 Å². The summed E-state index contributed by atoms with van der Waals surface area (Å²) in [5, 5.41) is 3.48. The molecule has 1 saturated heterocycles. The van der Waals surface area contributed by atoms with E-state index in [4.69, 9.17) is 5.73 Å². The van der Waals surface area contributed by atoms with Gasteiger partial charge >= 0.3 is 0 Å². The largest absolute Gasteiger partial charge is 0.327 e. The van der Waals surface area contributed by atoms with Crippen LogP contribution >= 0.6 is 0 Å². The van der Waals surface area contributed by atoms with Gasteiger partial charge < -0.3 is 11.1 Å². The summed E-state index contributed by atoms with van der Waals surface area (Å²) in [7, 11) is -0.558. The molecule has 2 unspecified atom stereocenters. The molecule has 0 spiro atoms. The Kier molecular flexibility index (Phi) is 4.35. The van der Waals surface area contributed by atoms with Crippen molar-refractivity contribution >= 4 is 10.8 Å². The fraction of sp³-hybridized carbons (Fsp3) is 1.00. The van der Waals surface area contributed by atoms with Gasteiger partial charge in [-0.15, -0.1) is 0 Å². The first-order chi connectivity index (χ1) is 6.09. The first-order valence-electron chi connectivity index (χ1n) is 4.96. The predicted octanol–water partition coefficient (Wildman–Crippen LogP) is 0.223. The third-order valence-corrected chi connectivity index (χ3v) is 4.06. The van der Waals surface area contributed by atoms with Crippen LogP contribution in [0.3, 0.4) is 0 Å². The minimum absolute atomic E-state index is 0.187. The maximum atomic E-state index is 11.1. The number of hydrogen-bond donors (Lipinski definition) is 2. The summed E-state index contributed by atoms with van der Waals surface area (Å²) in [4.78, 5) is 0. The van der Waals surface area contributed by atoms with Gasteiger partial charge in [0.1, 0.15) is 0 Å². The summed E-state index contributed by atoms with van der Waals surface area (Å²) < 4.78 is 11.1. The van der Waals surface area contributed by atoms with Crippen molar-refractivity contribution in [2.24, 2.45) is 5.73 Å². The standard InChI is InChI=1S/C9H20N2OS/c1-7(10)8(2)11-9-3-5-13(12)6-4-9/h7-9,11H,3-6,10H2,1-2H3. The zero-order valence-corrected chi connectivity index (χ0v) is 9.27. The molecule has 0 aromatic carbocycles. The van der Waals surface area contributed by atoms with E-state index in [-0.39, 0.29) is 6.04 Å². The minimum Gasteiger partial charge on any atom is -0.327 e. The quantitative estimate of drug-likeness (QED) is 0.691. The van der Waals surface area contributed by atoms with Gasteiger partial charge in [-0.25, -0.2) is 0 Å². The Balaban J connectivity index is 2.26. The van der Waals surface area contributed by atoms with Crippen LogP contribution in [-0.2, 0) is 10.8 Å². The van der Waals surface area contributed by atoms with E-state index in [0.717, 1.165) is 24.3 Å². The smallest absolute Gasteiger partial charge is 0.0249 e. The molecule has 1 heterocycles. The lowest BCUT2D eigenvalue weighted by Gasteiger charge is -2.28. The Morgan fingerprint density at radius 3 is 2.38 bits per heavy atom. The zero-order chi connectivity index (χ0) is 9.84. The number of nitrogens with one attached hydrogen (secondary N) is 1. The second-order valence-corrected chi connectivity index (χ2v) is 5.63. The summed E-state index contributed by atoms with van der Waals surface area (Å²) in [6.07, 6.45) is 2.06. The molecule has 1 rings (SSSR count). The first kappa shape index (κ1) is 11.1. The maximum absolute atomic E-state index is 11.1. The number of hydrogen-bond acceptors (Lipinski definition) is 3. The summed E-state index contributed by atoms with van der Waals surface area (Å²) in [5.74, 6) is 1.70. The number of nitrogens with two attached hydrogens (primary N) is 1. The van der Waals surface area contributed by atoms with Gasteiger partial charge in [-0.1, -0.05) is 0 Å². The Morgan fingerprint density at radius 2 is 1.92 bits per heavy atom. The van der Waals surface area contributed by atoms with Gasteiger partial charge in [0.05, 0.1) is 0 Å². The monoisotopic (exact) mass is 204 g/mol. The Morgan fingerprint density at radius 1 is 1.38 bits per heavy atom. The van der Waals surface area contributed by atoms with E-state index in [0.29, 0.717) is 12.1 Å². The molecule has 3 N–H and O–H groups in total.